The van der Waals surface area contributed by atoms with Crippen LogP contribution in [-0.2, 0) is 10.0 Å². The molecule has 2 aromatic carbocycles. The van der Waals surface area contributed by atoms with Crippen molar-refractivity contribution in [1.82, 2.24) is 4.72 Å². The second kappa shape index (κ2) is 8.51. The highest BCUT2D eigenvalue weighted by atomic mass is 32.2. The highest BCUT2D eigenvalue weighted by molar-refractivity contribution is 7.89. The minimum Gasteiger partial charge on any atom is -0.378 e. The van der Waals surface area contributed by atoms with Crippen molar-refractivity contribution >= 4 is 27.3 Å². The Hall–Kier alpha value is -2.82. The molecule has 6 nitrogen and oxygen atoms in total. The molecule has 0 unspecified atom stereocenters. The lowest BCUT2D eigenvalue weighted by Gasteiger charge is -2.57. The summed E-state index contributed by atoms with van der Waals surface area (Å²) in [5.41, 5.74) is 2.01. The second-order valence-electron chi connectivity index (χ2n) is 9.88. The molecule has 4 aliphatic rings. The molecule has 4 fully saturated rings. The van der Waals surface area contributed by atoms with Crippen molar-refractivity contribution in [3.63, 3.8) is 0 Å². The fourth-order valence-corrected chi connectivity index (χ4v) is 7.45. The Bertz CT molecular complexity index is 1180. The first kappa shape index (κ1) is 22.0. The van der Waals surface area contributed by atoms with Gasteiger partial charge < -0.3 is 10.6 Å². The lowest BCUT2D eigenvalue weighted by molar-refractivity contribution is 0.0107. The fourth-order valence-electron chi connectivity index (χ4n) is 6.47. The van der Waals surface area contributed by atoms with Gasteiger partial charge in [0, 0.05) is 11.1 Å². The van der Waals surface area contributed by atoms with Gasteiger partial charge in [0.1, 0.15) is 0 Å². The van der Waals surface area contributed by atoms with Crippen molar-refractivity contribution in [2.24, 2.45) is 17.8 Å². The first-order valence-corrected chi connectivity index (χ1v) is 13.1. The van der Waals surface area contributed by atoms with E-state index in [1.165, 1.54) is 50.7 Å². The maximum absolute atomic E-state index is 13.0. The van der Waals surface area contributed by atoms with Crippen LogP contribution in [0.4, 0.5) is 11.4 Å². The van der Waals surface area contributed by atoms with E-state index in [4.69, 9.17) is 6.42 Å². The highest BCUT2D eigenvalue weighted by Crippen LogP contribution is 2.56. The van der Waals surface area contributed by atoms with Crippen molar-refractivity contribution in [3.8, 4) is 12.3 Å². The molecule has 0 radical (unpaired) electrons. The molecule has 7 heteroatoms. The normalized spacial score (nSPS) is 27.7. The fraction of sp³-hybridized carbons (Fsp3) is 0.423. The zero-order chi connectivity index (χ0) is 23.1. The third kappa shape index (κ3) is 4.50. The van der Waals surface area contributed by atoms with Gasteiger partial charge in [-0.3, -0.25) is 4.79 Å². The van der Waals surface area contributed by atoms with E-state index in [-0.39, 0.29) is 28.4 Å². The summed E-state index contributed by atoms with van der Waals surface area (Å²) in [6.07, 6.45) is 12.9. The number of rotatable bonds is 7. The third-order valence-electron chi connectivity index (χ3n) is 7.38. The maximum Gasteiger partial charge on any atom is 0.255 e. The van der Waals surface area contributed by atoms with Crippen molar-refractivity contribution in [2.75, 3.05) is 17.2 Å². The van der Waals surface area contributed by atoms with Gasteiger partial charge in [0.15, 0.2) is 0 Å². The molecule has 33 heavy (non-hydrogen) atoms. The Morgan fingerprint density at radius 3 is 2.24 bits per heavy atom. The smallest absolute Gasteiger partial charge is 0.255 e. The van der Waals surface area contributed by atoms with E-state index in [1.54, 1.807) is 12.1 Å². The molecule has 0 aromatic heterocycles. The van der Waals surface area contributed by atoms with Gasteiger partial charge in [-0.1, -0.05) is 24.1 Å². The molecular formula is C26H29N3O3S. The van der Waals surface area contributed by atoms with Crippen LogP contribution in [0.2, 0.25) is 0 Å². The van der Waals surface area contributed by atoms with Gasteiger partial charge >= 0.3 is 0 Å². The average Bonchev–Trinajstić information content (AvgIpc) is 2.78. The molecule has 1 amide bonds. The summed E-state index contributed by atoms with van der Waals surface area (Å²) >= 11 is 0. The molecule has 2 aromatic rings. The van der Waals surface area contributed by atoms with E-state index in [9.17, 15) is 13.2 Å². The lowest BCUT2D eigenvalue weighted by Crippen LogP contribution is -2.54. The van der Waals surface area contributed by atoms with Crippen molar-refractivity contribution in [2.45, 2.75) is 49.0 Å². The van der Waals surface area contributed by atoms with Gasteiger partial charge in [0.25, 0.3) is 5.91 Å². The molecule has 4 bridgehead atoms. The first-order chi connectivity index (χ1) is 15.9. The van der Waals surface area contributed by atoms with Crippen LogP contribution in [-0.4, -0.2) is 26.4 Å². The summed E-state index contributed by atoms with van der Waals surface area (Å²) in [6.45, 7) is -0.109. The van der Waals surface area contributed by atoms with E-state index < -0.39 is 10.0 Å². The van der Waals surface area contributed by atoms with Gasteiger partial charge in [0.2, 0.25) is 10.0 Å². The summed E-state index contributed by atoms with van der Waals surface area (Å²) in [6, 6.07) is 13.7. The highest BCUT2D eigenvalue weighted by Gasteiger charge is 2.51. The Labute approximate surface area is 195 Å². The van der Waals surface area contributed by atoms with Gasteiger partial charge in [-0.2, -0.15) is 4.72 Å². The summed E-state index contributed by atoms with van der Waals surface area (Å²) in [4.78, 5) is 13.0. The van der Waals surface area contributed by atoms with E-state index >= 15 is 0 Å². The lowest BCUT2D eigenvalue weighted by atomic mass is 9.53. The van der Waals surface area contributed by atoms with Crippen LogP contribution in [0.3, 0.4) is 0 Å². The third-order valence-corrected chi connectivity index (χ3v) is 8.78. The van der Waals surface area contributed by atoms with Crippen molar-refractivity contribution in [3.05, 3.63) is 54.1 Å². The molecule has 0 saturated heterocycles. The van der Waals surface area contributed by atoms with Crippen LogP contribution in [0.5, 0.6) is 0 Å². The molecule has 4 aliphatic carbocycles. The van der Waals surface area contributed by atoms with Crippen LogP contribution in [0.25, 0.3) is 0 Å². The number of carbonyl (C=O) groups is 1. The zero-order valence-electron chi connectivity index (χ0n) is 18.5. The molecule has 4 saturated carbocycles. The molecule has 0 heterocycles. The van der Waals surface area contributed by atoms with Crippen LogP contribution in [0.15, 0.2) is 53.4 Å². The largest absolute Gasteiger partial charge is 0.378 e. The number of nitrogens with one attached hydrogen (secondary N) is 3. The van der Waals surface area contributed by atoms with Gasteiger partial charge in [-0.25, -0.2) is 8.42 Å². The van der Waals surface area contributed by atoms with E-state index in [2.05, 4.69) is 21.3 Å². The van der Waals surface area contributed by atoms with E-state index in [1.807, 2.05) is 24.3 Å². The van der Waals surface area contributed by atoms with Crippen molar-refractivity contribution < 1.29 is 13.2 Å². The predicted molar refractivity (Wildman–Crippen MR) is 129 cm³/mol. The Morgan fingerprint density at radius 2 is 1.61 bits per heavy atom. The Morgan fingerprint density at radius 1 is 0.970 bits per heavy atom. The molecule has 6 rings (SSSR count). The van der Waals surface area contributed by atoms with Crippen molar-refractivity contribution in [1.29, 1.82) is 0 Å². The molecule has 3 N–H and O–H groups in total. The molecule has 172 valence electrons. The SMILES string of the molecule is C#CCNS(=O)(=O)c1cccc(C(=O)Nc2ccccc2NC23CC4CC(CC(C4)C2)C3)c1. The number of para-hydroxylation sites is 2. The number of hydrogen-bond acceptors (Lipinski definition) is 4. The Balaban J connectivity index is 1.35. The average molecular weight is 464 g/mol. The van der Waals surface area contributed by atoms with Gasteiger partial charge in [-0.15, -0.1) is 6.42 Å². The van der Waals surface area contributed by atoms with Crippen LogP contribution >= 0.6 is 0 Å². The maximum atomic E-state index is 13.0. The first-order valence-electron chi connectivity index (χ1n) is 11.6. The molecule has 0 aliphatic heterocycles. The summed E-state index contributed by atoms with van der Waals surface area (Å²) in [7, 11) is -3.77. The van der Waals surface area contributed by atoms with Gasteiger partial charge in [0.05, 0.1) is 22.8 Å². The van der Waals surface area contributed by atoms with Crippen LogP contribution in [0.1, 0.15) is 48.9 Å². The summed E-state index contributed by atoms with van der Waals surface area (Å²) in [5.74, 6) is 4.34. The molecule has 0 spiro atoms. The van der Waals surface area contributed by atoms with Crippen LogP contribution in [0, 0.1) is 30.1 Å². The number of hydrogen-bond donors (Lipinski definition) is 3. The number of sulfonamides is 1. The van der Waals surface area contributed by atoms with Crippen LogP contribution < -0.4 is 15.4 Å². The number of carbonyl (C=O) groups excluding carboxylic acids is 1. The number of anilines is 2. The molecular weight excluding hydrogens is 434 g/mol. The number of terminal acetylenes is 1. The van der Waals surface area contributed by atoms with E-state index in [0.717, 1.165) is 23.4 Å². The molecule has 0 atom stereocenters. The second-order valence-corrected chi connectivity index (χ2v) is 11.6. The Kier molecular flexibility index (Phi) is 5.67. The number of benzene rings is 2. The van der Waals surface area contributed by atoms with Gasteiger partial charge in [-0.05, 0) is 86.6 Å². The quantitative estimate of drug-likeness (QED) is 0.536. The summed E-state index contributed by atoms with van der Waals surface area (Å²) < 4.78 is 27.1. The van der Waals surface area contributed by atoms with E-state index in [0.29, 0.717) is 5.69 Å². The minimum atomic E-state index is -3.77. The predicted octanol–water partition coefficient (Wildman–Crippen LogP) is 4.23. The standard InChI is InChI=1S/C26H29N3O3S/c1-2-10-27-33(31,32)22-7-5-6-21(14-22)25(30)28-23-8-3-4-9-24(23)29-26-15-18-11-19(16-26)13-20(12-18)17-26/h1,3-9,14,18-20,27,29H,10-13,15-17H2,(H,28,30). The minimum absolute atomic E-state index is 0.00498. The topological polar surface area (TPSA) is 87.3 Å². The monoisotopic (exact) mass is 463 g/mol. The zero-order valence-corrected chi connectivity index (χ0v) is 19.3. The summed E-state index contributed by atoms with van der Waals surface area (Å²) in [5, 5.41) is 6.81. The number of amides is 1.